The summed E-state index contributed by atoms with van der Waals surface area (Å²) in [6, 6.07) is 12.0. The predicted octanol–water partition coefficient (Wildman–Crippen LogP) is 4.62. The third kappa shape index (κ3) is 4.34. The number of nitrogens with zero attached hydrogens (tertiary/aromatic N) is 6. The molecule has 0 amide bonds. The zero-order chi connectivity index (χ0) is 22.5. The van der Waals surface area contributed by atoms with Crippen LogP contribution in [0.2, 0.25) is 0 Å². The first kappa shape index (κ1) is 21.2. The van der Waals surface area contributed by atoms with Crippen molar-refractivity contribution in [2.24, 2.45) is 5.10 Å². The van der Waals surface area contributed by atoms with Gasteiger partial charge in [-0.15, -0.1) is 10.2 Å². The van der Waals surface area contributed by atoms with Crippen molar-refractivity contribution < 1.29 is 10.0 Å². The minimum atomic E-state index is -0.652. The van der Waals surface area contributed by atoms with Crippen molar-refractivity contribution in [1.29, 1.82) is 0 Å². The van der Waals surface area contributed by atoms with E-state index in [9.17, 15) is 15.2 Å². The molecule has 10 nitrogen and oxygen atoms in total. The number of aryl methyl sites for hydroxylation is 1. The van der Waals surface area contributed by atoms with Crippen LogP contribution in [-0.4, -0.2) is 36.0 Å². The number of hydrazone groups is 1. The van der Waals surface area contributed by atoms with Gasteiger partial charge in [0.1, 0.15) is 5.52 Å². The van der Waals surface area contributed by atoms with Crippen molar-refractivity contribution in [1.82, 2.24) is 19.7 Å². The highest BCUT2D eigenvalue weighted by Gasteiger charge is 2.15. The van der Waals surface area contributed by atoms with Gasteiger partial charge in [0.2, 0.25) is 0 Å². The standard InChI is InChI=1S/C22H23N7O3/c1-2-3-4-7-12-28-17-9-6-5-8-16(17)20-21(28)24-22(27-25-20)26-23-14-15-10-11-19(30)18(13-15)29(31)32/h5-6,8-11,13-14,30H,2-4,7,12H2,1H3,(H,24,26,27)/b23-14+. The second-order valence-corrected chi connectivity index (χ2v) is 7.41. The topological polar surface area (TPSA) is 131 Å². The number of unbranched alkanes of at least 4 members (excludes halogenated alkanes) is 3. The molecule has 4 aromatic rings. The summed E-state index contributed by atoms with van der Waals surface area (Å²) in [4.78, 5) is 14.9. The van der Waals surface area contributed by atoms with Crippen LogP contribution in [0.4, 0.5) is 11.6 Å². The lowest BCUT2D eigenvalue weighted by Gasteiger charge is -2.06. The summed E-state index contributed by atoms with van der Waals surface area (Å²) in [6.07, 6.45) is 5.96. The molecule has 0 fully saturated rings. The van der Waals surface area contributed by atoms with Gasteiger partial charge < -0.3 is 9.67 Å². The molecule has 0 saturated heterocycles. The van der Waals surface area contributed by atoms with Crippen LogP contribution in [0.25, 0.3) is 22.1 Å². The van der Waals surface area contributed by atoms with E-state index in [0.29, 0.717) is 5.56 Å². The van der Waals surface area contributed by atoms with E-state index in [0.717, 1.165) is 41.5 Å². The van der Waals surface area contributed by atoms with Gasteiger partial charge in [-0.3, -0.25) is 10.1 Å². The molecule has 2 aromatic carbocycles. The Labute approximate surface area is 183 Å². The summed E-state index contributed by atoms with van der Waals surface area (Å²) < 4.78 is 2.16. The summed E-state index contributed by atoms with van der Waals surface area (Å²) >= 11 is 0. The fourth-order valence-corrected chi connectivity index (χ4v) is 3.61. The Hall–Kier alpha value is -4.08. The number of aromatic nitrogens is 4. The molecule has 0 aliphatic rings. The van der Waals surface area contributed by atoms with Crippen LogP contribution < -0.4 is 5.43 Å². The smallest absolute Gasteiger partial charge is 0.311 e. The number of phenols is 1. The molecule has 0 saturated carbocycles. The lowest BCUT2D eigenvalue weighted by molar-refractivity contribution is -0.385. The SMILES string of the molecule is CCCCCCn1c2ccccc2c2nnc(N/N=C/c3ccc(O)c([N+](=O)[O-])c3)nc21. The number of para-hydroxylation sites is 1. The van der Waals surface area contributed by atoms with E-state index in [-0.39, 0.29) is 11.6 Å². The fraction of sp³-hybridized carbons (Fsp3) is 0.273. The number of aromatic hydroxyl groups is 1. The maximum atomic E-state index is 11.0. The molecular formula is C22H23N7O3. The van der Waals surface area contributed by atoms with Gasteiger partial charge in [-0.1, -0.05) is 44.4 Å². The Balaban J connectivity index is 1.60. The van der Waals surface area contributed by atoms with E-state index < -0.39 is 10.7 Å². The average molecular weight is 433 g/mol. The summed E-state index contributed by atoms with van der Waals surface area (Å²) in [6.45, 7) is 3.02. The van der Waals surface area contributed by atoms with Crippen LogP contribution in [0.3, 0.4) is 0 Å². The Morgan fingerprint density at radius 2 is 2.03 bits per heavy atom. The quantitative estimate of drug-likeness (QED) is 0.170. The predicted molar refractivity (Wildman–Crippen MR) is 123 cm³/mol. The highest BCUT2D eigenvalue weighted by Crippen LogP contribution is 2.27. The molecule has 2 N–H and O–H groups in total. The van der Waals surface area contributed by atoms with Crippen LogP contribution in [0.15, 0.2) is 47.6 Å². The summed E-state index contributed by atoms with van der Waals surface area (Å²) in [5.74, 6) is -0.176. The number of hydrogen-bond donors (Lipinski definition) is 2. The van der Waals surface area contributed by atoms with E-state index in [1.807, 2.05) is 18.2 Å². The number of nitro benzene ring substituents is 1. The molecule has 0 unspecified atom stereocenters. The normalized spacial score (nSPS) is 11.5. The molecule has 2 heterocycles. The number of nitro groups is 1. The Bertz CT molecular complexity index is 1300. The van der Waals surface area contributed by atoms with Crippen molar-refractivity contribution in [2.45, 2.75) is 39.2 Å². The number of anilines is 1. The first-order valence-corrected chi connectivity index (χ1v) is 10.5. The highest BCUT2D eigenvalue weighted by molar-refractivity contribution is 6.04. The zero-order valence-electron chi connectivity index (χ0n) is 17.6. The van der Waals surface area contributed by atoms with E-state index in [1.165, 1.54) is 37.3 Å². The second kappa shape index (κ2) is 9.38. The van der Waals surface area contributed by atoms with Crippen LogP contribution in [-0.2, 0) is 6.54 Å². The second-order valence-electron chi connectivity index (χ2n) is 7.41. The Kier molecular flexibility index (Phi) is 6.20. The van der Waals surface area contributed by atoms with Gasteiger partial charge in [0.05, 0.1) is 16.7 Å². The maximum absolute atomic E-state index is 11.0. The summed E-state index contributed by atoms with van der Waals surface area (Å²) in [7, 11) is 0. The Morgan fingerprint density at radius 1 is 1.19 bits per heavy atom. The molecule has 0 bridgehead atoms. The van der Waals surface area contributed by atoms with Crippen LogP contribution in [0.5, 0.6) is 5.75 Å². The minimum Gasteiger partial charge on any atom is -0.502 e. The van der Waals surface area contributed by atoms with Crippen molar-refractivity contribution in [3.63, 3.8) is 0 Å². The molecule has 4 rings (SSSR count). The molecular weight excluding hydrogens is 410 g/mol. The van der Waals surface area contributed by atoms with E-state index in [2.05, 4.69) is 43.3 Å². The molecule has 164 valence electrons. The first-order chi connectivity index (χ1) is 15.6. The van der Waals surface area contributed by atoms with E-state index in [4.69, 9.17) is 0 Å². The van der Waals surface area contributed by atoms with Crippen LogP contribution in [0.1, 0.15) is 38.2 Å². The number of fused-ring (bicyclic) bond motifs is 3. The number of phenolic OH excluding ortho intramolecular Hbond substituents is 1. The van der Waals surface area contributed by atoms with E-state index >= 15 is 0 Å². The number of nitrogens with one attached hydrogen (secondary N) is 1. The molecule has 32 heavy (non-hydrogen) atoms. The molecule has 2 aromatic heterocycles. The molecule has 0 radical (unpaired) electrons. The van der Waals surface area contributed by atoms with Gasteiger partial charge in [0, 0.05) is 23.6 Å². The van der Waals surface area contributed by atoms with Gasteiger partial charge in [0.25, 0.3) is 5.95 Å². The van der Waals surface area contributed by atoms with Crippen molar-refractivity contribution in [3.05, 3.63) is 58.1 Å². The average Bonchev–Trinajstić information content (AvgIpc) is 3.11. The number of benzene rings is 2. The molecule has 10 heteroatoms. The van der Waals surface area contributed by atoms with Gasteiger partial charge in [-0.05, 0) is 24.6 Å². The summed E-state index contributed by atoms with van der Waals surface area (Å²) in [5.41, 5.74) is 5.33. The fourth-order valence-electron chi connectivity index (χ4n) is 3.61. The Morgan fingerprint density at radius 3 is 2.84 bits per heavy atom. The molecule has 0 atom stereocenters. The maximum Gasteiger partial charge on any atom is 0.311 e. The highest BCUT2D eigenvalue weighted by atomic mass is 16.6. The number of hydrogen-bond acceptors (Lipinski definition) is 8. The zero-order valence-corrected chi connectivity index (χ0v) is 17.6. The van der Waals surface area contributed by atoms with Crippen molar-refractivity contribution in [3.8, 4) is 5.75 Å². The first-order valence-electron chi connectivity index (χ1n) is 10.5. The summed E-state index contributed by atoms with van der Waals surface area (Å²) in [5, 5.41) is 34.1. The largest absolute Gasteiger partial charge is 0.502 e. The number of rotatable bonds is 9. The molecule has 0 aliphatic carbocycles. The van der Waals surface area contributed by atoms with Gasteiger partial charge in [0.15, 0.2) is 11.4 Å². The van der Waals surface area contributed by atoms with Crippen LogP contribution >= 0.6 is 0 Å². The van der Waals surface area contributed by atoms with Gasteiger partial charge in [-0.25, -0.2) is 5.43 Å². The minimum absolute atomic E-state index is 0.222. The third-order valence-corrected chi connectivity index (χ3v) is 5.18. The lowest BCUT2D eigenvalue weighted by atomic mass is 10.2. The monoisotopic (exact) mass is 433 g/mol. The van der Waals surface area contributed by atoms with Crippen LogP contribution in [0, 0.1) is 10.1 Å². The van der Waals surface area contributed by atoms with E-state index in [1.54, 1.807) is 0 Å². The van der Waals surface area contributed by atoms with Crippen molar-refractivity contribution >= 4 is 39.9 Å². The lowest BCUT2D eigenvalue weighted by Crippen LogP contribution is -2.03. The third-order valence-electron chi connectivity index (χ3n) is 5.18. The van der Waals surface area contributed by atoms with Gasteiger partial charge in [-0.2, -0.15) is 10.1 Å². The van der Waals surface area contributed by atoms with Crippen molar-refractivity contribution in [2.75, 3.05) is 5.43 Å². The molecule has 0 aliphatic heterocycles. The molecule has 0 spiro atoms. The van der Waals surface area contributed by atoms with Gasteiger partial charge >= 0.3 is 5.69 Å².